The number of aliphatic hydroxyl groups is 2. The number of para-hydroxylation sites is 1. The van der Waals surface area contributed by atoms with Gasteiger partial charge in [0, 0.05) is 12.0 Å². The van der Waals surface area contributed by atoms with E-state index in [4.69, 9.17) is 4.74 Å². The second-order valence-electron chi connectivity index (χ2n) is 6.17. The normalized spacial score (nSPS) is 20.8. The highest BCUT2D eigenvalue weighted by molar-refractivity contribution is 6.06. The Kier molecular flexibility index (Phi) is 4.30. The third-order valence-corrected chi connectivity index (χ3v) is 4.33. The van der Waals surface area contributed by atoms with Crippen molar-refractivity contribution < 1.29 is 19.7 Å². The molecule has 2 N–H and O–H groups in total. The van der Waals surface area contributed by atoms with E-state index in [1.807, 2.05) is 36.4 Å². The predicted molar refractivity (Wildman–Crippen MR) is 90.8 cm³/mol. The molecule has 0 fully saturated rings. The van der Waals surface area contributed by atoms with Crippen LogP contribution in [0.25, 0.3) is 0 Å². The van der Waals surface area contributed by atoms with Crippen molar-refractivity contribution in [3.8, 4) is 5.75 Å². The number of carbonyl (C=O) groups excluding carboxylic acids is 1. The summed E-state index contributed by atoms with van der Waals surface area (Å²) < 4.78 is 5.15. The number of carbonyl (C=O) groups is 1. The number of ether oxygens (including phenoxy) is 1. The van der Waals surface area contributed by atoms with Crippen LogP contribution >= 0.6 is 0 Å². The van der Waals surface area contributed by atoms with Crippen LogP contribution in [-0.2, 0) is 16.9 Å². The zero-order valence-corrected chi connectivity index (χ0v) is 13.8. The maximum Gasteiger partial charge on any atom is 0.264 e. The van der Waals surface area contributed by atoms with E-state index in [1.54, 1.807) is 31.1 Å². The smallest absolute Gasteiger partial charge is 0.264 e. The molecule has 0 saturated heterocycles. The summed E-state index contributed by atoms with van der Waals surface area (Å²) in [6, 6.07) is 14.6. The van der Waals surface area contributed by atoms with Crippen molar-refractivity contribution in [2.75, 3.05) is 12.0 Å². The van der Waals surface area contributed by atoms with E-state index < -0.39 is 17.6 Å². The fourth-order valence-corrected chi connectivity index (χ4v) is 3.20. The SMILES string of the molecule is COc1ccc(CN2C(=O)[C@@](O)(C[C@@H](C)O)c3ccccc32)cc1. The van der Waals surface area contributed by atoms with E-state index in [-0.39, 0.29) is 6.42 Å². The molecule has 0 spiro atoms. The lowest BCUT2D eigenvalue weighted by atomic mass is 9.90. The van der Waals surface area contributed by atoms with Crippen molar-refractivity contribution in [2.45, 2.75) is 31.6 Å². The van der Waals surface area contributed by atoms with Gasteiger partial charge < -0.3 is 19.8 Å². The molecule has 5 nitrogen and oxygen atoms in total. The number of hydrogen-bond donors (Lipinski definition) is 2. The Balaban J connectivity index is 1.95. The van der Waals surface area contributed by atoms with Gasteiger partial charge >= 0.3 is 0 Å². The van der Waals surface area contributed by atoms with Crippen LogP contribution in [0.3, 0.4) is 0 Å². The summed E-state index contributed by atoms with van der Waals surface area (Å²) in [4.78, 5) is 14.5. The van der Waals surface area contributed by atoms with Crippen LogP contribution in [0.4, 0.5) is 5.69 Å². The predicted octanol–water partition coefficient (Wildman–Crippen LogP) is 2.20. The Morgan fingerprint density at radius 3 is 2.46 bits per heavy atom. The molecule has 0 aromatic heterocycles. The number of benzene rings is 2. The molecule has 2 atom stereocenters. The van der Waals surface area contributed by atoms with Gasteiger partial charge in [-0.3, -0.25) is 4.79 Å². The zero-order chi connectivity index (χ0) is 17.3. The first-order chi connectivity index (χ1) is 11.5. The molecule has 0 unspecified atom stereocenters. The van der Waals surface area contributed by atoms with Gasteiger partial charge in [-0.1, -0.05) is 30.3 Å². The van der Waals surface area contributed by atoms with Gasteiger partial charge in [0.1, 0.15) is 5.75 Å². The molecule has 5 heteroatoms. The molecule has 0 radical (unpaired) electrons. The Hall–Kier alpha value is -2.37. The second kappa shape index (κ2) is 6.26. The first-order valence-corrected chi connectivity index (χ1v) is 7.90. The Labute approximate surface area is 141 Å². The minimum absolute atomic E-state index is 0.0258. The second-order valence-corrected chi connectivity index (χ2v) is 6.17. The van der Waals surface area contributed by atoms with Crippen LogP contribution < -0.4 is 9.64 Å². The van der Waals surface area contributed by atoms with Gasteiger partial charge in [0.2, 0.25) is 0 Å². The molecular weight excluding hydrogens is 306 g/mol. The monoisotopic (exact) mass is 327 g/mol. The molecular formula is C19H21NO4. The van der Waals surface area contributed by atoms with Gasteiger partial charge in [-0.2, -0.15) is 0 Å². The Bertz CT molecular complexity index is 741. The lowest BCUT2D eigenvalue weighted by molar-refractivity contribution is -0.139. The molecule has 1 aliphatic rings. The van der Waals surface area contributed by atoms with Gasteiger partial charge in [0.05, 0.1) is 25.4 Å². The van der Waals surface area contributed by atoms with Crippen molar-refractivity contribution in [3.05, 3.63) is 59.7 Å². The summed E-state index contributed by atoms with van der Waals surface area (Å²) in [5, 5.41) is 20.7. The van der Waals surface area contributed by atoms with Crippen LogP contribution in [0.2, 0.25) is 0 Å². The van der Waals surface area contributed by atoms with Gasteiger partial charge in [0.15, 0.2) is 5.60 Å². The summed E-state index contributed by atoms with van der Waals surface area (Å²) >= 11 is 0. The maximum absolute atomic E-state index is 12.9. The van der Waals surface area contributed by atoms with Gasteiger partial charge in [-0.15, -0.1) is 0 Å². The highest BCUT2D eigenvalue weighted by atomic mass is 16.5. The van der Waals surface area contributed by atoms with Crippen molar-refractivity contribution >= 4 is 11.6 Å². The molecule has 0 bridgehead atoms. The number of methoxy groups -OCH3 is 1. The third-order valence-electron chi connectivity index (χ3n) is 4.33. The number of fused-ring (bicyclic) bond motifs is 1. The van der Waals surface area contributed by atoms with Crippen molar-refractivity contribution in [2.24, 2.45) is 0 Å². The average Bonchev–Trinajstić information content (AvgIpc) is 2.77. The number of rotatable bonds is 5. The minimum atomic E-state index is -1.68. The number of anilines is 1. The minimum Gasteiger partial charge on any atom is -0.497 e. The molecule has 2 aromatic carbocycles. The highest BCUT2D eigenvalue weighted by Gasteiger charge is 2.49. The van der Waals surface area contributed by atoms with Crippen molar-refractivity contribution in [1.29, 1.82) is 0 Å². The van der Waals surface area contributed by atoms with E-state index in [2.05, 4.69) is 0 Å². The van der Waals surface area contributed by atoms with Crippen LogP contribution in [0.15, 0.2) is 48.5 Å². The number of aliphatic hydroxyl groups excluding tert-OH is 1. The average molecular weight is 327 g/mol. The number of nitrogens with zero attached hydrogens (tertiary/aromatic N) is 1. The first kappa shape index (κ1) is 16.5. The van der Waals surface area contributed by atoms with E-state index in [0.29, 0.717) is 17.8 Å². The van der Waals surface area contributed by atoms with Gasteiger partial charge in [-0.05, 0) is 30.7 Å². The lowest BCUT2D eigenvalue weighted by Crippen LogP contribution is -2.41. The molecule has 126 valence electrons. The molecule has 24 heavy (non-hydrogen) atoms. The lowest BCUT2D eigenvalue weighted by Gasteiger charge is -2.24. The van der Waals surface area contributed by atoms with Crippen LogP contribution in [0.1, 0.15) is 24.5 Å². The fourth-order valence-electron chi connectivity index (χ4n) is 3.20. The molecule has 3 rings (SSSR count). The zero-order valence-electron chi connectivity index (χ0n) is 13.8. The van der Waals surface area contributed by atoms with Crippen molar-refractivity contribution in [3.63, 3.8) is 0 Å². The summed E-state index contributed by atoms with van der Waals surface area (Å²) in [7, 11) is 1.60. The Morgan fingerprint density at radius 2 is 1.83 bits per heavy atom. The fraction of sp³-hybridized carbons (Fsp3) is 0.316. The first-order valence-electron chi connectivity index (χ1n) is 7.90. The molecule has 1 amide bonds. The quantitative estimate of drug-likeness (QED) is 0.883. The van der Waals surface area contributed by atoms with Crippen LogP contribution in [0.5, 0.6) is 5.75 Å². The van der Waals surface area contributed by atoms with Gasteiger partial charge in [0.25, 0.3) is 5.91 Å². The molecule has 2 aromatic rings. The van der Waals surface area contributed by atoms with E-state index in [9.17, 15) is 15.0 Å². The van der Waals surface area contributed by atoms with E-state index >= 15 is 0 Å². The topological polar surface area (TPSA) is 70.0 Å². The molecule has 1 aliphatic heterocycles. The van der Waals surface area contributed by atoms with E-state index in [0.717, 1.165) is 11.3 Å². The van der Waals surface area contributed by atoms with Crippen LogP contribution in [-0.4, -0.2) is 29.3 Å². The summed E-state index contributed by atoms with van der Waals surface area (Å²) in [6.07, 6.45) is -0.810. The summed E-state index contributed by atoms with van der Waals surface area (Å²) in [6.45, 7) is 1.92. The number of hydrogen-bond acceptors (Lipinski definition) is 4. The molecule has 1 heterocycles. The highest BCUT2D eigenvalue weighted by Crippen LogP contribution is 2.43. The van der Waals surface area contributed by atoms with Gasteiger partial charge in [-0.25, -0.2) is 0 Å². The summed E-state index contributed by atoms with van der Waals surface area (Å²) in [5.74, 6) is 0.345. The largest absolute Gasteiger partial charge is 0.497 e. The third kappa shape index (κ3) is 2.77. The van der Waals surface area contributed by atoms with Crippen molar-refractivity contribution in [1.82, 2.24) is 0 Å². The van der Waals surface area contributed by atoms with Crippen LogP contribution in [0, 0.1) is 0 Å². The summed E-state index contributed by atoms with van der Waals surface area (Å²) in [5.41, 5.74) is 0.475. The molecule has 0 aliphatic carbocycles. The maximum atomic E-state index is 12.9. The Morgan fingerprint density at radius 1 is 1.17 bits per heavy atom. The van der Waals surface area contributed by atoms with E-state index in [1.165, 1.54) is 0 Å². The molecule has 0 saturated carbocycles. The number of amides is 1. The standard InChI is InChI=1S/C19H21NO4/c1-13(21)11-19(23)16-5-3-4-6-17(16)20(18(19)22)12-14-7-9-15(24-2)10-8-14/h3-10,13,21,23H,11-12H2,1-2H3/t13-,19-/m1/s1.